The van der Waals surface area contributed by atoms with Crippen LogP contribution in [0.15, 0.2) is 36.4 Å². The van der Waals surface area contributed by atoms with Crippen LogP contribution in [0.1, 0.15) is 11.3 Å². The number of alkyl halides is 3. The first-order valence-electron chi connectivity index (χ1n) is 8.56. The molecule has 3 heterocycles. The van der Waals surface area contributed by atoms with Crippen LogP contribution in [0.2, 0.25) is 5.02 Å². The Kier molecular flexibility index (Phi) is 3.96. The van der Waals surface area contributed by atoms with E-state index in [1.165, 1.54) is 29.0 Å². The van der Waals surface area contributed by atoms with Crippen molar-refractivity contribution in [2.75, 3.05) is 11.4 Å². The number of hydrogen-bond donors (Lipinski definition) is 1. The Hall–Kier alpha value is -2.45. The zero-order valence-electron chi connectivity index (χ0n) is 14.3. The Morgan fingerprint density at radius 2 is 2.04 bits per heavy atom. The van der Waals surface area contributed by atoms with Crippen molar-refractivity contribution >= 4 is 49.2 Å². The predicted molar refractivity (Wildman–Crippen MR) is 104 cm³/mol. The first kappa shape index (κ1) is 17.6. The van der Waals surface area contributed by atoms with Crippen LogP contribution >= 0.6 is 22.9 Å². The molecule has 2 aromatic heterocycles. The van der Waals surface area contributed by atoms with E-state index in [2.05, 4.69) is 19.6 Å². The van der Waals surface area contributed by atoms with Crippen LogP contribution in [0, 0.1) is 0 Å². The molecule has 28 heavy (non-hydrogen) atoms. The van der Waals surface area contributed by atoms with Gasteiger partial charge in [0.2, 0.25) is 0 Å². The van der Waals surface area contributed by atoms with Crippen LogP contribution < -0.4 is 9.64 Å². The van der Waals surface area contributed by atoms with Gasteiger partial charge in [0.05, 0.1) is 16.8 Å². The Labute approximate surface area is 166 Å². The lowest BCUT2D eigenvalue weighted by Crippen LogP contribution is -2.29. The van der Waals surface area contributed by atoms with E-state index in [0.717, 1.165) is 34.7 Å². The molecule has 1 aliphatic rings. The van der Waals surface area contributed by atoms with Gasteiger partial charge in [0.25, 0.3) is 0 Å². The van der Waals surface area contributed by atoms with Gasteiger partial charge in [-0.25, -0.2) is 4.98 Å². The molecular weight excluding hydrogens is 411 g/mol. The SMILES string of the molecule is FC(F)(F)Oc1ccc2nc(N3CCc4c([nH]c5ccc(Cl)cc45)C3)sc2c1. The summed E-state index contributed by atoms with van der Waals surface area (Å²) in [4.78, 5) is 10.2. The van der Waals surface area contributed by atoms with E-state index in [-0.39, 0.29) is 5.75 Å². The number of rotatable bonds is 2. The molecule has 0 bridgehead atoms. The summed E-state index contributed by atoms with van der Waals surface area (Å²) in [5, 5.41) is 2.63. The van der Waals surface area contributed by atoms with Crippen molar-refractivity contribution in [1.82, 2.24) is 9.97 Å². The maximum Gasteiger partial charge on any atom is 0.573 e. The highest BCUT2D eigenvalue weighted by molar-refractivity contribution is 7.22. The second kappa shape index (κ2) is 6.28. The number of ether oxygens (including phenoxy) is 1. The standard InChI is InChI=1S/C19H13ClF3N3OS/c20-10-1-3-14-13(7-10)12-5-6-26(9-16(12)24-14)18-25-15-4-2-11(8-17(15)28-18)27-19(21,22)23/h1-4,7-8,24H,5-6,9H2. The highest BCUT2D eigenvalue weighted by Crippen LogP contribution is 2.36. The third-order valence-corrected chi connectivity index (χ3v) is 6.10. The van der Waals surface area contributed by atoms with Crippen molar-refractivity contribution in [3.8, 4) is 5.75 Å². The number of aromatic amines is 1. The number of nitrogens with one attached hydrogen (secondary N) is 1. The van der Waals surface area contributed by atoms with E-state index in [1.807, 2.05) is 18.2 Å². The van der Waals surface area contributed by atoms with Crippen LogP contribution in [-0.4, -0.2) is 22.9 Å². The molecule has 4 aromatic rings. The first-order valence-corrected chi connectivity index (χ1v) is 9.75. The molecule has 0 saturated carbocycles. The van der Waals surface area contributed by atoms with Gasteiger partial charge in [0.1, 0.15) is 5.75 Å². The molecule has 9 heteroatoms. The van der Waals surface area contributed by atoms with Crippen molar-refractivity contribution in [3.05, 3.63) is 52.7 Å². The zero-order chi connectivity index (χ0) is 19.5. The second-order valence-corrected chi connectivity index (χ2v) is 8.06. The molecule has 1 N–H and O–H groups in total. The monoisotopic (exact) mass is 423 g/mol. The molecule has 0 spiro atoms. The summed E-state index contributed by atoms with van der Waals surface area (Å²) < 4.78 is 42.0. The van der Waals surface area contributed by atoms with E-state index in [9.17, 15) is 13.2 Å². The smallest absolute Gasteiger partial charge is 0.406 e. The number of nitrogens with zero attached hydrogens (tertiary/aromatic N) is 2. The maximum absolute atomic E-state index is 12.4. The summed E-state index contributed by atoms with van der Waals surface area (Å²) in [5.41, 5.74) is 4.08. The number of thiazole rings is 1. The second-order valence-electron chi connectivity index (χ2n) is 6.62. The molecule has 4 nitrogen and oxygen atoms in total. The third kappa shape index (κ3) is 3.16. The molecule has 2 aromatic carbocycles. The zero-order valence-corrected chi connectivity index (χ0v) is 15.9. The highest BCUT2D eigenvalue weighted by atomic mass is 35.5. The lowest BCUT2D eigenvalue weighted by molar-refractivity contribution is -0.274. The molecule has 5 rings (SSSR count). The van der Waals surface area contributed by atoms with Crippen LogP contribution in [0.3, 0.4) is 0 Å². The Morgan fingerprint density at radius 1 is 1.18 bits per heavy atom. The molecule has 0 saturated heterocycles. The summed E-state index contributed by atoms with van der Waals surface area (Å²) in [6.45, 7) is 1.44. The van der Waals surface area contributed by atoms with Gasteiger partial charge in [0, 0.05) is 34.2 Å². The minimum Gasteiger partial charge on any atom is -0.406 e. The Morgan fingerprint density at radius 3 is 2.86 bits per heavy atom. The average molecular weight is 424 g/mol. The average Bonchev–Trinajstić information content (AvgIpc) is 3.20. The number of H-pyrrole nitrogens is 1. The molecule has 1 aliphatic heterocycles. The number of anilines is 1. The Balaban J connectivity index is 1.45. The minimum atomic E-state index is -4.71. The number of fused-ring (bicyclic) bond motifs is 4. The summed E-state index contributed by atoms with van der Waals surface area (Å²) in [6.07, 6.45) is -3.86. The summed E-state index contributed by atoms with van der Waals surface area (Å²) in [5.74, 6) is -0.233. The van der Waals surface area contributed by atoms with Crippen molar-refractivity contribution in [1.29, 1.82) is 0 Å². The summed E-state index contributed by atoms with van der Waals surface area (Å²) >= 11 is 7.49. The summed E-state index contributed by atoms with van der Waals surface area (Å²) in [7, 11) is 0. The minimum absolute atomic E-state index is 0.233. The van der Waals surface area contributed by atoms with Gasteiger partial charge in [-0.2, -0.15) is 0 Å². The number of hydrogen-bond acceptors (Lipinski definition) is 4. The lowest BCUT2D eigenvalue weighted by Gasteiger charge is -2.26. The van der Waals surface area contributed by atoms with Crippen LogP contribution in [-0.2, 0) is 13.0 Å². The molecule has 0 fully saturated rings. The van der Waals surface area contributed by atoms with Gasteiger partial charge in [-0.15, -0.1) is 13.2 Å². The van der Waals surface area contributed by atoms with E-state index in [4.69, 9.17) is 11.6 Å². The first-order chi connectivity index (χ1) is 13.4. The van der Waals surface area contributed by atoms with Crippen molar-refractivity contribution < 1.29 is 17.9 Å². The van der Waals surface area contributed by atoms with Crippen LogP contribution in [0.5, 0.6) is 5.75 Å². The molecule has 0 atom stereocenters. The molecule has 0 amide bonds. The lowest BCUT2D eigenvalue weighted by atomic mass is 10.0. The molecule has 0 radical (unpaired) electrons. The highest BCUT2D eigenvalue weighted by Gasteiger charge is 2.31. The molecule has 144 valence electrons. The molecular formula is C19H13ClF3N3OS. The summed E-state index contributed by atoms with van der Waals surface area (Å²) in [6, 6.07) is 10.0. The predicted octanol–water partition coefficient (Wildman–Crippen LogP) is 5.89. The Bertz CT molecular complexity index is 1200. The van der Waals surface area contributed by atoms with E-state index < -0.39 is 6.36 Å². The van der Waals surface area contributed by atoms with E-state index >= 15 is 0 Å². The van der Waals surface area contributed by atoms with Crippen molar-refractivity contribution in [2.45, 2.75) is 19.3 Å². The fourth-order valence-corrected chi connectivity index (χ4v) is 4.79. The van der Waals surface area contributed by atoms with Gasteiger partial charge in [-0.1, -0.05) is 22.9 Å². The van der Waals surface area contributed by atoms with E-state index in [0.29, 0.717) is 21.8 Å². The number of halogens is 4. The topological polar surface area (TPSA) is 41.1 Å². The quantitative estimate of drug-likeness (QED) is 0.437. The van der Waals surface area contributed by atoms with Gasteiger partial charge < -0.3 is 14.6 Å². The fourth-order valence-electron chi connectivity index (χ4n) is 3.60. The van der Waals surface area contributed by atoms with Gasteiger partial charge in [0.15, 0.2) is 5.13 Å². The number of aromatic nitrogens is 2. The van der Waals surface area contributed by atoms with Gasteiger partial charge >= 0.3 is 6.36 Å². The van der Waals surface area contributed by atoms with Gasteiger partial charge in [-0.3, -0.25) is 0 Å². The molecule has 0 unspecified atom stereocenters. The van der Waals surface area contributed by atoms with Crippen LogP contribution in [0.4, 0.5) is 18.3 Å². The normalized spacial score (nSPS) is 14.6. The van der Waals surface area contributed by atoms with Crippen molar-refractivity contribution in [3.63, 3.8) is 0 Å². The van der Waals surface area contributed by atoms with Crippen LogP contribution in [0.25, 0.3) is 21.1 Å². The van der Waals surface area contributed by atoms with E-state index in [1.54, 1.807) is 6.07 Å². The van der Waals surface area contributed by atoms with Crippen molar-refractivity contribution in [2.24, 2.45) is 0 Å². The van der Waals surface area contributed by atoms with Gasteiger partial charge in [-0.05, 0) is 42.3 Å². The molecule has 0 aliphatic carbocycles. The third-order valence-electron chi connectivity index (χ3n) is 4.79. The maximum atomic E-state index is 12.4. The largest absolute Gasteiger partial charge is 0.573 e. The fraction of sp³-hybridized carbons (Fsp3) is 0.211. The number of benzene rings is 2.